The first kappa shape index (κ1) is 17.2. The molecule has 0 aliphatic rings. The first-order chi connectivity index (χ1) is 12.1. The van der Waals surface area contributed by atoms with Gasteiger partial charge in [-0.15, -0.1) is 4.68 Å². The smallest absolute Gasteiger partial charge is 0.349 e. The van der Waals surface area contributed by atoms with Crippen molar-refractivity contribution < 1.29 is 4.74 Å². The largest absolute Gasteiger partial charge is 0.488 e. The first-order valence-corrected chi connectivity index (χ1v) is 8.49. The number of benzene rings is 2. The van der Waals surface area contributed by atoms with Gasteiger partial charge in [-0.1, -0.05) is 24.8 Å². The minimum absolute atomic E-state index is 0.405. The second-order valence-electron chi connectivity index (χ2n) is 5.13. The zero-order valence-electron chi connectivity index (χ0n) is 13.1. The topological polar surface area (TPSA) is 76.5 Å². The number of nitrogens with one attached hydrogen (secondary N) is 1. The van der Waals surface area contributed by atoms with Crippen LogP contribution in [-0.4, -0.2) is 22.5 Å². The lowest BCUT2D eigenvalue weighted by molar-refractivity contribution is 0.360. The molecule has 0 saturated heterocycles. The lowest BCUT2D eigenvalue weighted by Crippen LogP contribution is -2.32. The van der Waals surface area contributed by atoms with Crippen molar-refractivity contribution in [1.82, 2.24) is 9.66 Å². The van der Waals surface area contributed by atoms with Crippen molar-refractivity contribution >= 4 is 39.7 Å². The highest BCUT2D eigenvalue weighted by Crippen LogP contribution is 2.21. The van der Waals surface area contributed by atoms with Gasteiger partial charge in [0.05, 0.1) is 20.7 Å². The summed E-state index contributed by atoms with van der Waals surface area (Å²) in [5.74, 6) is 0.735. The van der Waals surface area contributed by atoms with E-state index in [0.717, 1.165) is 19.6 Å². The molecule has 0 unspecified atom stereocenters. The molecule has 1 heterocycles. The molecule has 0 bridgehead atoms. The van der Waals surface area contributed by atoms with E-state index in [0.29, 0.717) is 17.5 Å². The SMILES string of the molecule is C=CCOc1ccc(C=Nn2c(=O)[nH]c3ccccc3c2=O)cc1I. The van der Waals surface area contributed by atoms with E-state index in [-0.39, 0.29) is 0 Å². The van der Waals surface area contributed by atoms with Crippen LogP contribution in [0.1, 0.15) is 5.56 Å². The number of rotatable bonds is 5. The number of nitrogens with zero attached hydrogens (tertiary/aromatic N) is 2. The standard InChI is InChI=1S/C18H14IN3O3/c1-2-9-25-16-8-7-12(10-14(16)19)11-20-22-17(23)13-5-3-4-6-15(13)21-18(22)24/h2-8,10-11H,1,9H2,(H,21,24). The summed E-state index contributed by atoms with van der Waals surface area (Å²) in [5, 5.41) is 4.44. The normalized spacial score (nSPS) is 11.1. The Labute approximate surface area is 156 Å². The third kappa shape index (κ3) is 3.71. The number of halogens is 1. The predicted molar refractivity (Wildman–Crippen MR) is 107 cm³/mol. The molecule has 1 aromatic heterocycles. The zero-order valence-corrected chi connectivity index (χ0v) is 15.3. The van der Waals surface area contributed by atoms with Crippen LogP contribution in [-0.2, 0) is 0 Å². The third-order valence-corrected chi connectivity index (χ3v) is 4.26. The van der Waals surface area contributed by atoms with Crippen LogP contribution in [0.25, 0.3) is 10.9 Å². The van der Waals surface area contributed by atoms with Crippen molar-refractivity contribution in [2.45, 2.75) is 0 Å². The van der Waals surface area contributed by atoms with E-state index < -0.39 is 11.2 Å². The van der Waals surface area contributed by atoms with Gasteiger partial charge in [-0.2, -0.15) is 5.10 Å². The lowest BCUT2D eigenvalue weighted by Gasteiger charge is -2.06. The Bertz CT molecular complexity index is 1080. The van der Waals surface area contributed by atoms with E-state index in [1.54, 1.807) is 42.5 Å². The Hall–Kier alpha value is -2.68. The van der Waals surface area contributed by atoms with Crippen molar-refractivity contribution in [2.24, 2.45) is 5.10 Å². The zero-order chi connectivity index (χ0) is 17.8. The van der Waals surface area contributed by atoms with Crippen molar-refractivity contribution in [1.29, 1.82) is 0 Å². The number of hydrogen-bond acceptors (Lipinski definition) is 4. The van der Waals surface area contributed by atoms with E-state index in [4.69, 9.17) is 4.74 Å². The molecule has 7 heteroatoms. The maximum Gasteiger partial charge on any atom is 0.349 e. The maximum absolute atomic E-state index is 12.4. The van der Waals surface area contributed by atoms with Gasteiger partial charge >= 0.3 is 5.69 Å². The summed E-state index contributed by atoms with van der Waals surface area (Å²) < 4.78 is 7.22. The second-order valence-corrected chi connectivity index (χ2v) is 6.29. The summed E-state index contributed by atoms with van der Waals surface area (Å²) >= 11 is 2.15. The van der Waals surface area contributed by atoms with Crippen LogP contribution in [0.5, 0.6) is 5.75 Å². The molecule has 0 atom stereocenters. The summed E-state index contributed by atoms with van der Waals surface area (Å²) in [6.45, 7) is 4.03. The van der Waals surface area contributed by atoms with Crippen LogP contribution < -0.4 is 16.0 Å². The van der Waals surface area contributed by atoms with Crippen molar-refractivity contribution in [3.63, 3.8) is 0 Å². The minimum atomic E-state index is -0.583. The van der Waals surface area contributed by atoms with Crippen molar-refractivity contribution in [3.8, 4) is 5.75 Å². The fraction of sp³-hybridized carbons (Fsp3) is 0.0556. The molecule has 0 spiro atoms. The van der Waals surface area contributed by atoms with Gasteiger partial charge < -0.3 is 9.72 Å². The van der Waals surface area contributed by atoms with E-state index in [1.165, 1.54) is 6.21 Å². The summed E-state index contributed by atoms with van der Waals surface area (Å²) in [4.78, 5) is 27.1. The highest BCUT2D eigenvalue weighted by atomic mass is 127. The van der Waals surface area contributed by atoms with Gasteiger partial charge in [0.1, 0.15) is 12.4 Å². The molecule has 0 aliphatic carbocycles. The number of ether oxygens (including phenoxy) is 1. The molecule has 25 heavy (non-hydrogen) atoms. The number of H-pyrrole nitrogens is 1. The average Bonchev–Trinajstić information content (AvgIpc) is 2.61. The molecule has 2 aromatic carbocycles. The summed E-state index contributed by atoms with van der Waals surface area (Å²) in [6.07, 6.45) is 3.13. The van der Waals surface area contributed by atoms with E-state index in [1.807, 2.05) is 6.07 Å². The molecule has 6 nitrogen and oxygen atoms in total. The Balaban J connectivity index is 1.96. The van der Waals surface area contributed by atoms with Gasteiger partial charge in [-0.25, -0.2) is 4.79 Å². The molecule has 126 valence electrons. The fourth-order valence-corrected chi connectivity index (χ4v) is 2.94. The number of aromatic amines is 1. The monoisotopic (exact) mass is 447 g/mol. The highest BCUT2D eigenvalue weighted by Gasteiger charge is 2.06. The van der Waals surface area contributed by atoms with Gasteiger partial charge in [0.2, 0.25) is 0 Å². The molecule has 3 aromatic rings. The molecular formula is C18H14IN3O3. The lowest BCUT2D eigenvalue weighted by atomic mass is 10.2. The van der Waals surface area contributed by atoms with Crippen LogP contribution >= 0.6 is 22.6 Å². The quantitative estimate of drug-likeness (QED) is 0.371. The summed E-state index contributed by atoms with van der Waals surface area (Å²) in [5.41, 5.74) is 0.189. The molecule has 1 N–H and O–H groups in total. The Morgan fingerprint density at radius 2 is 2.04 bits per heavy atom. The molecule has 0 fully saturated rings. The van der Waals surface area contributed by atoms with E-state index in [2.05, 4.69) is 39.3 Å². The molecule has 0 saturated carbocycles. The summed E-state index contributed by atoms with van der Waals surface area (Å²) in [6, 6.07) is 12.3. The second kappa shape index (κ2) is 7.47. The molecule has 0 amide bonds. The number of hydrogen-bond donors (Lipinski definition) is 1. The van der Waals surface area contributed by atoms with E-state index >= 15 is 0 Å². The molecule has 0 aliphatic heterocycles. The van der Waals surface area contributed by atoms with Gasteiger partial charge in [0.15, 0.2) is 0 Å². The fourth-order valence-electron chi connectivity index (χ4n) is 2.25. The number of para-hydroxylation sites is 1. The van der Waals surface area contributed by atoms with Gasteiger partial charge in [-0.3, -0.25) is 4.79 Å². The molecular weight excluding hydrogens is 433 g/mol. The number of fused-ring (bicyclic) bond motifs is 1. The minimum Gasteiger partial charge on any atom is -0.488 e. The maximum atomic E-state index is 12.4. The highest BCUT2D eigenvalue weighted by molar-refractivity contribution is 14.1. The number of aromatic nitrogens is 2. The Morgan fingerprint density at radius 1 is 1.24 bits per heavy atom. The van der Waals surface area contributed by atoms with Crippen molar-refractivity contribution in [3.05, 3.63) is 85.1 Å². The van der Waals surface area contributed by atoms with Crippen molar-refractivity contribution in [2.75, 3.05) is 6.61 Å². The Kier molecular flexibility index (Phi) is 5.13. The Morgan fingerprint density at radius 3 is 2.80 bits per heavy atom. The molecule has 3 rings (SSSR count). The third-order valence-electron chi connectivity index (χ3n) is 3.42. The van der Waals surface area contributed by atoms with Crippen LogP contribution in [0.3, 0.4) is 0 Å². The predicted octanol–water partition coefficient (Wildman–Crippen LogP) is 2.74. The van der Waals surface area contributed by atoms with Crippen LogP contribution in [0, 0.1) is 3.57 Å². The summed E-state index contributed by atoms with van der Waals surface area (Å²) in [7, 11) is 0. The van der Waals surface area contributed by atoms with Gasteiger partial charge in [-0.05, 0) is 58.5 Å². The van der Waals surface area contributed by atoms with Gasteiger partial charge in [0, 0.05) is 0 Å². The van der Waals surface area contributed by atoms with Crippen LogP contribution in [0.15, 0.2) is 69.8 Å². The average molecular weight is 447 g/mol. The van der Waals surface area contributed by atoms with Crippen LogP contribution in [0.2, 0.25) is 0 Å². The van der Waals surface area contributed by atoms with E-state index in [9.17, 15) is 9.59 Å². The molecule has 0 radical (unpaired) electrons. The van der Waals surface area contributed by atoms with Crippen LogP contribution in [0.4, 0.5) is 0 Å². The first-order valence-electron chi connectivity index (χ1n) is 7.42. The van der Waals surface area contributed by atoms with Gasteiger partial charge in [0.25, 0.3) is 5.56 Å².